The highest BCUT2D eigenvalue weighted by Crippen LogP contribution is 2.18. The molecule has 2 nitrogen and oxygen atoms in total. The molecule has 0 heterocycles. The molecule has 0 saturated heterocycles. The van der Waals surface area contributed by atoms with Gasteiger partial charge in [-0.1, -0.05) is 20.3 Å². The van der Waals surface area contributed by atoms with Crippen molar-refractivity contribution in [3.05, 3.63) is 0 Å². The second-order valence-corrected chi connectivity index (χ2v) is 4.03. The fraction of sp³-hybridized carbons (Fsp3) is 1.00. The van der Waals surface area contributed by atoms with Crippen molar-refractivity contribution in [2.45, 2.75) is 51.7 Å². The molecule has 2 N–H and O–H groups in total. The molecule has 0 aliphatic heterocycles. The summed E-state index contributed by atoms with van der Waals surface area (Å²) >= 11 is 0. The van der Waals surface area contributed by atoms with Crippen LogP contribution in [0.25, 0.3) is 0 Å². The number of aliphatic hydroxyl groups excluding tert-OH is 1. The van der Waals surface area contributed by atoms with Gasteiger partial charge in [-0.05, 0) is 31.7 Å². The van der Waals surface area contributed by atoms with Crippen LogP contribution in [-0.4, -0.2) is 23.8 Å². The van der Waals surface area contributed by atoms with Gasteiger partial charge >= 0.3 is 0 Å². The zero-order chi connectivity index (χ0) is 8.97. The fourth-order valence-corrected chi connectivity index (χ4v) is 1.68. The summed E-state index contributed by atoms with van der Waals surface area (Å²) in [5, 5.41) is 12.9. The summed E-state index contributed by atoms with van der Waals surface area (Å²) in [5.74, 6) is 0.734. The van der Waals surface area contributed by atoms with Crippen molar-refractivity contribution in [3.63, 3.8) is 0 Å². The van der Waals surface area contributed by atoms with Gasteiger partial charge in [0.05, 0.1) is 6.10 Å². The van der Waals surface area contributed by atoms with Gasteiger partial charge in [0, 0.05) is 6.04 Å². The van der Waals surface area contributed by atoms with Gasteiger partial charge in [0.15, 0.2) is 0 Å². The van der Waals surface area contributed by atoms with Crippen LogP contribution in [0.1, 0.15) is 39.5 Å². The Morgan fingerprint density at radius 1 is 1.50 bits per heavy atom. The highest BCUT2D eigenvalue weighted by atomic mass is 16.3. The lowest BCUT2D eigenvalue weighted by atomic mass is 10.1. The third-order valence-electron chi connectivity index (χ3n) is 2.90. The molecule has 1 fully saturated rings. The van der Waals surface area contributed by atoms with Gasteiger partial charge in [-0.25, -0.2) is 0 Å². The Morgan fingerprint density at radius 2 is 2.25 bits per heavy atom. The summed E-state index contributed by atoms with van der Waals surface area (Å²) < 4.78 is 0. The van der Waals surface area contributed by atoms with Crippen molar-refractivity contribution in [2.24, 2.45) is 5.92 Å². The first-order chi connectivity index (χ1) is 5.74. The highest BCUT2D eigenvalue weighted by Gasteiger charge is 2.24. The summed E-state index contributed by atoms with van der Waals surface area (Å²) in [6.45, 7) is 5.50. The van der Waals surface area contributed by atoms with E-state index < -0.39 is 0 Å². The summed E-state index contributed by atoms with van der Waals surface area (Å²) in [4.78, 5) is 0. The Bertz CT molecular complexity index is 127. The Morgan fingerprint density at radius 3 is 2.75 bits per heavy atom. The van der Waals surface area contributed by atoms with E-state index in [0.29, 0.717) is 6.04 Å². The van der Waals surface area contributed by atoms with E-state index in [2.05, 4.69) is 19.2 Å². The molecule has 3 atom stereocenters. The van der Waals surface area contributed by atoms with Gasteiger partial charge in [-0.15, -0.1) is 0 Å². The van der Waals surface area contributed by atoms with E-state index in [1.807, 2.05) is 0 Å². The highest BCUT2D eigenvalue weighted by molar-refractivity contribution is 4.82. The van der Waals surface area contributed by atoms with Crippen molar-refractivity contribution in [1.82, 2.24) is 5.32 Å². The van der Waals surface area contributed by atoms with Crippen LogP contribution in [0.15, 0.2) is 0 Å². The Kier molecular flexibility index (Phi) is 4.02. The number of aliphatic hydroxyl groups is 1. The van der Waals surface area contributed by atoms with Crippen LogP contribution in [0.4, 0.5) is 0 Å². The van der Waals surface area contributed by atoms with Crippen molar-refractivity contribution >= 4 is 0 Å². The molecule has 12 heavy (non-hydrogen) atoms. The van der Waals surface area contributed by atoms with Crippen LogP contribution >= 0.6 is 0 Å². The van der Waals surface area contributed by atoms with Gasteiger partial charge < -0.3 is 10.4 Å². The minimum absolute atomic E-state index is 0.0888. The molecular formula is C10H21NO. The predicted molar refractivity (Wildman–Crippen MR) is 51.1 cm³/mol. The minimum Gasteiger partial charge on any atom is -0.392 e. The zero-order valence-corrected chi connectivity index (χ0v) is 8.21. The van der Waals surface area contributed by atoms with E-state index in [-0.39, 0.29) is 6.10 Å². The molecule has 1 aliphatic carbocycles. The van der Waals surface area contributed by atoms with E-state index >= 15 is 0 Å². The normalized spacial score (nSPS) is 32.2. The SMILES string of the molecule is CCC(C)CN[C@H]1CCC[C@@H]1O. The molecule has 72 valence electrons. The lowest BCUT2D eigenvalue weighted by Crippen LogP contribution is -2.37. The number of rotatable bonds is 4. The van der Waals surface area contributed by atoms with Crippen LogP contribution in [0.5, 0.6) is 0 Å². The van der Waals surface area contributed by atoms with Crippen LogP contribution in [0.3, 0.4) is 0 Å². The molecule has 0 radical (unpaired) electrons. The lowest BCUT2D eigenvalue weighted by Gasteiger charge is -2.18. The lowest BCUT2D eigenvalue weighted by molar-refractivity contribution is 0.147. The van der Waals surface area contributed by atoms with Crippen LogP contribution in [-0.2, 0) is 0 Å². The smallest absolute Gasteiger partial charge is 0.0693 e. The molecule has 0 aromatic carbocycles. The van der Waals surface area contributed by atoms with E-state index in [4.69, 9.17) is 0 Å². The first-order valence-corrected chi connectivity index (χ1v) is 5.15. The van der Waals surface area contributed by atoms with Gasteiger partial charge in [-0.3, -0.25) is 0 Å². The van der Waals surface area contributed by atoms with E-state index in [0.717, 1.165) is 25.3 Å². The van der Waals surface area contributed by atoms with E-state index in [9.17, 15) is 5.11 Å². The summed E-state index contributed by atoms with van der Waals surface area (Å²) in [6.07, 6.45) is 4.44. The first kappa shape index (κ1) is 10.0. The molecule has 0 amide bonds. The molecule has 1 unspecified atom stereocenters. The topological polar surface area (TPSA) is 32.3 Å². The quantitative estimate of drug-likeness (QED) is 0.672. The standard InChI is InChI=1S/C10H21NO/c1-3-8(2)7-11-9-5-4-6-10(9)12/h8-12H,3-7H2,1-2H3/t8?,9-,10-/m0/s1. The molecule has 0 aromatic heterocycles. The van der Waals surface area contributed by atoms with Gasteiger partial charge in [0.2, 0.25) is 0 Å². The molecular weight excluding hydrogens is 150 g/mol. The maximum Gasteiger partial charge on any atom is 0.0693 e. The monoisotopic (exact) mass is 171 g/mol. The Balaban J connectivity index is 2.13. The largest absolute Gasteiger partial charge is 0.392 e. The Labute approximate surface area is 75.4 Å². The van der Waals surface area contributed by atoms with Gasteiger partial charge in [-0.2, -0.15) is 0 Å². The second-order valence-electron chi connectivity index (χ2n) is 4.03. The van der Waals surface area contributed by atoms with E-state index in [1.165, 1.54) is 12.8 Å². The van der Waals surface area contributed by atoms with Crippen molar-refractivity contribution in [3.8, 4) is 0 Å². The first-order valence-electron chi connectivity index (χ1n) is 5.15. The van der Waals surface area contributed by atoms with E-state index in [1.54, 1.807) is 0 Å². The summed E-state index contributed by atoms with van der Waals surface area (Å²) in [6, 6.07) is 0.374. The molecule has 0 bridgehead atoms. The maximum atomic E-state index is 9.51. The maximum absolute atomic E-state index is 9.51. The molecule has 1 saturated carbocycles. The predicted octanol–water partition coefficient (Wildman–Crippen LogP) is 1.54. The van der Waals surface area contributed by atoms with Crippen LogP contribution in [0.2, 0.25) is 0 Å². The average Bonchev–Trinajstić information content (AvgIpc) is 2.47. The van der Waals surface area contributed by atoms with Crippen molar-refractivity contribution in [1.29, 1.82) is 0 Å². The average molecular weight is 171 g/mol. The molecule has 1 aliphatic rings. The number of hydrogen-bond donors (Lipinski definition) is 2. The van der Waals surface area contributed by atoms with Crippen molar-refractivity contribution in [2.75, 3.05) is 6.54 Å². The number of hydrogen-bond acceptors (Lipinski definition) is 2. The molecule has 1 rings (SSSR count). The number of nitrogens with one attached hydrogen (secondary N) is 1. The fourth-order valence-electron chi connectivity index (χ4n) is 1.68. The third kappa shape index (κ3) is 2.76. The second kappa shape index (κ2) is 4.83. The summed E-state index contributed by atoms with van der Waals surface area (Å²) in [5.41, 5.74) is 0. The van der Waals surface area contributed by atoms with Crippen LogP contribution < -0.4 is 5.32 Å². The van der Waals surface area contributed by atoms with Gasteiger partial charge in [0.1, 0.15) is 0 Å². The summed E-state index contributed by atoms with van der Waals surface area (Å²) in [7, 11) is 0. The van der Waals surface area contributed by atoms with Gasteiger partial charge in [0.25, 0.3) is 0 Å². The van der Waals surface area contributed by atoms with Crippen LogP contribution in [0, 0.1) is 5.92 Å². The van der Waals surface area contributed by atoms with Crippen molar-refractivity contribution < 1.29 is 5.11 Å². The molecule has 2 heteroatoms. The molecule has 0 spiro atoms. The Hall–Kier alpha value is -0.0800. The molecule has 0 aromatic rings. The zero-order valence-electron chi connectivity index (χ0n) is 8.21. The minimum atomic E-state index is -0.0888. The third-order valence-corrected chi connectivity index (χ3v) is 2.90.